The van der Waals surface area contributed by atoms with Crippen LogP contribution in [0.25, 0.3) is 87.1 Å². The highest BCUT2D eigenvalue weighted by Crippen LogP contribution is 2.42. The Hall–Kier alpha value is -13.3. The number of alkyl carbamates (subject to hydrolysis) is 1. The fraction of sp³-hybridized carbons (Fsp3) is 0.418. The van der Waals surface area contributed by atoms with Crippen molar-refractivity contribution in [1.82, 2.24) is 89.5 Å². The van der Waals surface area contributed by atoms with Gasteiger partial charge in [0, 0.05) is 181 Å². The maximum atomic E-state index is 12.8. The van der Waals surface area contributed by atoms with Crippen molar-refractivity contribution in [2.24, 2.45) is 0 Å². The van der Waals surface area contributed by atoms with Crippen LogP contribution in [0, 0.1) is 0 Å². The fourth-order valence-electron chi connectivity index (χ4n) is 19.9. The number of carbonyl (C=O) groups excluding carboxylic acids is 12. The molecule has 33 heteroatoms. The van der Waals surface area contributed by atoms with Gasteiger partial charge in [0.2, 0.25) is 65.0 Å². The second kappa shape index (κ2) is 39.6. The quantitative estimate of drug-likeness (QED) is 0.0329. The number of unbranched alkanes of at least 4 members (excludes halogenated alkanes) is 5. The normalized spacial score (nSPS) is 19.8. The molecule has 6 saturated heterocycles. The molecule has 12 amide bonds. The fourth-order valence-corrected chi connectivity index (χ4v) is 20.9. The Morgan fingerprint density at radius 3 is 1.47 bits per heavy atom. The summed E-state index contributed by atoms with van der Waals surface area (Å²) >= 11 is 1.63. The number of aliphatic hydroxyl groups is 1. The Morgan fingerprint density at radius 1 is 0.450 bits per heavy atom. The van der Waals surface area contributed by atoms with Crippen molar-refractivity contribution in [3.8, 4) is 0 Å². The molecule has 8 aliphatic rings. The number of likely N-dealkylation sites (tertiary alicyclic amines) is 1. The van der Waals surface area contributed by atoms with Crippen LogP contribution in [0.15, 0.2) is 146 Å². The molecule has 680 valence electrons. The lowest BCUT2D eigenvalue weighted by molar-refractivity contribution is -0.137. The summed E-state index contributed by atoms with van der Waals surface area (Å²) in [6.45, 7) is 9.84. The molecule has 0 radical (unpaired) electrons. The summed E-state index contributed by atoms with van der Waals surface area (Å²) in [6, 6.07) is 32.5. The lowest BCUT2D eigenvalue weighted by Crippen LogP contribution is -2.46. The number of fused-ring (bicyclic) bond motifs is 15. The van der Waals surface area contributed by atoms with Gasteiger partial charge in [-0.1, -0.05) is 49.9 Å². The number of carbonyl (C=O) groups is 12. The SMILES string of the molecule is CC(C)(C)OC(=O)NC1CCN(CCc2ccc3c(c2)c2cccnc2n3C2CCC(=O)NC2=O)CC1.O=C1CCC(n2c3c(c4cccnc42)CCCC3)C(=O)N1.O=C1CCC(n2c3c(c4cccnc42)CN(C(=O)CCCCCCCCO)CC3)C(=O)N1.O=C1CCC(n2c3ccccc3c3ccsc32)C(=O)N1.O=C1CCC(n2c3cnccc3c3cccnc32)C(=O)N1. The number of piperidine rings is 6. The highest BCUT2D eigenvalue weighted by molar-refractivity contribution is 7.17. The van der Waals surface area contributed by atoms with E-state index in [1.807, 2.05) is 111 Å². The van der Waals surface area contributed by atoms with E-state index in [0.717, 1.165) is 190 Å². The van der Waals surface area contributed by atoms with Gasteiger partial charge in [0.1, 0.15) is 63.2 Å². The zero-order chi connectivity index (χ0) is 91.1. The smallest absolute Gasteiger partial charge is 0.407 e. The Kier molecular flexibility index (Phi) is 27.1. The number of nitrogens with zero attached hydrogens (tertiary/aromatic N) is 12. The van der Waals surface area contributed by atoms with Crippen LogP contribution in [-0.2, 0) is 89.7 Å². The molecule has 7 aliphatic heterocycles. The zero-order valence-corrected chi connectivity index (χ0v) is 74.6. The Balaban J connectivity index is 0.000000117. The van der Waals surface area contributed by atoms with E-state index in [1.54, 1.807) is 48.5 Å². The molecule has 1 aliphatic carbocycles. The summed E-state index contributed by atoms with van der Waals surface area (Å²) in [5.74, 6) is -2.05. The van der Waals surface area contributed by atoms with Crippen LogP contribution in [0.2, 0.25) is 0 Å². The maximum Gasteiger partial charge on any atom is 0.407 e. The third kappa shape index (κ3) is 19.4. The lowest BCUT2D eigenvalue weighted by Gasteiger charge is -2.32. The molecule has 6 fully saturated rings. The molecule has 7 N–H and O–H groups in total. The summed E-state index contributed by atoms with van der Waals surface area (Å²) in [5.41, 5.74) is 11.5. The van der Waals surface area contributed by atoms with Crippen molar-refractivity contribution < 1.29 is 67.4 Å². The molecular weight excluding hydrogens is 1690 g/mol. The standard InChI is InChI=1S/C28H35N5O4.C24H32N4O4.C16H17N3O2.C15H12N4O2.C15H12N2O2S/c1-28(2,3)37-27(36)30-19-11-15-32(16-12-19)14-10-18-6-7-22-21(17-18)20-5-4-13-29-25(20)33(22)23-8-9-24(34)31-26(23)35;29-15-6-4-2-1-3-5-9-22(31)27-14-12-19-18(16-27)17-8-7-13-25-23(17)28(19)20-10-11-21(30)26-24(20)32;20-14-8-7-13(16(21)18-14)19-12-6-2-1-4-10(12)11-5-3-9-17-15(11)19;20-13-4-3-11(15(21)18-13)19-12-8-16-7-5-9(12)10-2-1-6-17-14(10)19;18-13-6-5-12(14(19)16-13)17-11-4-2-1-3-9(11)10-7-8-20-15(10)17/h4-7,13,17,19,23H,8-12,14-16H2,1-3H3,(H,30,36)(H,31,34,35);7-8,13,20,29H,1-6,9-12,14-16H2,(H,26,30,32);3,5,9,13H,1-2,4,6-8H2,(H,18,20,21);1-2,5-8,11H,3-4H2,(H,18,20,21);1-4,7-8,12H,5-6H2,(H,16,18,19). The molecule has 11 aromatic heterocycles. The first-order valence-corrected chi connectivity index (χ1v) is 46.7. The molecule has 0 spiro atoms. The van der Waals surface area contributed by atoms with Crippen molar-refractivity contribution in [3.63, 3.8) is 0 Å². The minimum absolute atomic E-state index is 0.147. The average molecular weight is 1790 g/mol. The summed E-state index contributed by atoms with van der Waals surface area (Å²) in [5, 5.41) is 34.7. The third-order valence-corrected chi connectivity index (χ3v) is 27.0. The number of nitrogens with one attached hydrogen (secondary N) is 6. The highest BCUT2D eigenvalue weighted by Gasteiger charge is 2.39. The molecule has 32 nitrogen and oxygen atoms in total. The van der Waals surface area contributed by atoms with Crippen molar-refractivity contribution in [3.05, 3.63) is 174 Å². The van der Waals surface area contributed by atoms with Gasteiger partial charge in [-0.15, -0.1) is 11.3 Å². The molecule has 13 aromatic rings. The largest absolute Gasteiger partial charge is 0.444 e. The number of aryl methyl sites for hydroxylation is 1. The minimum Gasteiger partial charge on any atom is -0.444 e. The predicted molar refractivity (Wildman–Crippen MR) is 494 cm³/mol. The molecule has 2 aromatic carbocycles. The number of pyridine rings is 5. The Morgan fingerprint density at radius 2 is 0.916 bits per heavy atom. The number of hydrogen-bond acceptors (Lipinski definition) is 21. The van der Waals surface area contributed by atoms with Crippen LogP contribution in [0.4, 0.5) is 4.79 Å². The first kappa shape index (κ1) is 89.7. The van der Waals surface area contributed by atoms with Gasteiger partial charge in [0.05, 0.1) is 22.7 Å². The van der Waals surface area contributed by atoms with Gasteiger partial charge in [0.25, 0.3) is 0 Å². The molecule has 5 unspecified atom stereocenters. The number of para-hydroxylation sites is 1. The number of ether oxygens (including phenoxy) is 1. The maximum absolute atomic E-state index is 12.8. The van der Waals surface area contributed by atoms with Crippen LogP contribution in [-0.4, -0.2) is 178 Å². The summed E-state index contributed by atoms with van der Waals surface area (Å²) in [7, 11) is 0. The average Bonchev–Trinajstić information content (AvgIpc) is 1.51. The molecule has 131 heavy (non-hydrogen) atoms. The number of rotatable bonds is 17. The van der Waals surface area contributed by atoms with E-state index < -0.39 is 23.7 Å². The first-order valence-electron chi connectivity index (χ1n) is 45.8. The van der Waals surface area contributed by atoms with Crippen molar-refractivity contribution in [1.29, 1.82) is 0 Å². The number of aliphatic hydroxyl groups excluding tert-OH is 1. The second-order valence-corrected chi connectivity index (χ2v) is 36.7. The van der Waals surface area contributed by atoms with Crippen LogP contribution in [0.1, 0.15) is 214 Å². The molecule has 21 rings (SSSR count). The highest BCUT2D eigenvalue weighted by atomic mass is 32.1. The number of amides is 12. The van der Waals surface area contributed by atoms with E-state index in [9.17, 15) is 57.5 Å². The number of thiophene rings is 1. The van der Waals surface area contributed by atoms with E-state index in [1.165, 1.54) is 28.6 Å². The van der Waals surface area contributed by atoms with E-state index in [-0.39, 0.29) is 95.8 Å². The second-order valence-electron chi connectivity index (χ2n) is 35.8. The van der Waals surface area contributed by atoms with Crippen molar-refractivity contribution in [2.75, 3.05) is 32.8 Å². The lowest BCUT2D eigenvalue weighted by atomic mass is 9.95. The molecule has 18 heterocycles. The summed E-state index contributed by atoms with van der Waals surface area (Å²) < 4.78 is 15.4. The van der Waals surface area contributed by atoms with Gasteiger partial charge in [-0.25, -0.2) is 24.7 Å². The number of aromatic nitrogens is 10. The Bertz CT molecular complexity index is 6560. The van der Waals surface area contributed by atoms with E-state index in [4.69, 9.17) is 9.84 Å². The van der Waals surface area contributed by atoms with Gasteiger partial charge in [0.15, 0.2) is 0 Å². The van der Waals surface area contributed by atoms with E-state index >= 15 is 0 Å². The van der Waals surface area contributed by atoms with E-state index in [0.29, 0.717) is 90.1 Å². The van der Waals surface area contributed by atoms with Gasteiger partial charge in [-0.3, -0.25) is 84.3 Å². The summed E-state index contributed by atoms with van der Waals surface area (Å²) in [4.78, 5) is 172. The van der Waals surface area contributed by atoms with Crippen LogP contribution in [0.3, 0.4) is 0 Å². The zero-order valence-electron chi connectivity index (χ0n) is 73.8. The van der Waals surface area contributed by atoms with Gasteiger partial charge in [-0.2, -0.15) is 0 Å². The molecule has 5 atom stereocenters. The van der Waals surface area contributed by atoms with E-state index in [2.05, 4.69) is 107 Å². The number of imide groups is 5. The minimum atomic E-state index is -0.490. The molecular formula is C98H108N18O14S. The van der Waals surface area contributed by atoms with Gasteiger partial charge < -0.3 is 47.8 Å². The van der Waals surface area contributed by atoms with Crippen LogP contribution >= 0.6 is 11.3 Å². The number of hydrogen-bond donors (Lipinski definition) is 7. The molecule has 0 saturated carbocycles. The van der Waals surface area contributed by atoms with Crippen LogP contribution in [0.5, 0.6) is 0 Å². The molecule has 0 bridgehead atoms. The third-order valence-electron chi connectivity index (χ3n) is 26.1. The first-order chi connectivity index (χ1) is 63.5. The van der Waals surface area contributed by atoms with Crippen LogP contribution < -0.4 is 31.9 Å². The summed E-state index contributed by atoms with van der Waals surface area (Å²) in [6.07, 6.45) is 28.8. The van der Waals surface area contributed by atoms with Gasteiger partial charge >= 0.3 is 6.09 Å². The predicted octanol–water partition coefficient (Wildman–Crippen LogP) is 12.6. The van der Waals surface area contributed by atoms with Crippen molar-refractivity contribution in [2.45, 2.75) is 230 Å². The van der Waals surface area contributed by atoms with Gasteiger partial charge in [-0.05, 0) is 206 Å². The Labute approximate surface area is 758 Å². The topological polar surface area (TPSA) is 402 Å². The van der Waals surface area contributed by atoms with Crippen molar-refractivity contribution >= 4 is 169 Å². The number of benzene rings is 2. The monoisotopic (exact) mass is 1790 g/mol.